The van der Waals surface area contributed by atoms with Gasteiger partial charge in [0, 0.05) is 12.1 Å². The van der Waals surface area contributed by atoms with Crippen molar-refractivity contribution in [1.82, 2.24) is 0 Å². The molecule has 1 aliphatic rings. The van der Waals surface area contributed by atoms with Crippen LogP contribution >= 0.6 is 0 Å². The van der Waals surface area contributed by atoms with Gasteiger partial charge in [-0.2, -0.15) is 18.4 Å². The summed E-state index contributed by atoms with van der Waals surface area (Å²) in [6.45, 7) is -0.199. The van der Waals surface area contributed by atoms with Crippen LogP contribution in [0.15, 0.2) is 46.5 Å². The summed E-state index contributed by atoms with van der Waals surface area (Å²) in [4.78, 5) is 4.05. The van der Waals surface area contributed by atoms with Gasteiger partial charge in [0.1, 0.15) is 0 Å². The van der Waals surface area contributed by atoms with E-state index in [0.717, 1.165) is 0 Å². The molecule has 18 heavy (non-hydrogen) atoms. The topological polar surface area (TPSA) is 36.1 Å². The summed E-state index contributed by atoms with van der Waals surface area (Å²) in [7, 11) is 0. The monoisotopic (exact) mass is 250 g/mol. The number of nitriles is 1. The third-order valence-electron chi connectivity index (χ3n) is 2.72. The van der Waals surface area contributed by atoms with E-state index >= 15 is 0 Å². The molecule has 92 valence electrons. The number of halogens is 3. The molecular weight excluding hydrogens is 241 g/mol. The Kier molecular flexibility index (Phi) is 3.19. The standard InChI is InChI=1S/C13H9F3N2/c14-13(15,16)11-6-12(18-8-10(11)7-17)9-4-2-1-3-5-9/h1-5H,6,8H2. The number of aliphatic imine (C=N–C) groups is 1. The average Bonchev–Trinajstić information content (AvgIpc) is 2.38. The number of alkyl halides is 3. The predicted octanol–water partition coefficient (Wildman–Crippen LogP) is 3.26. The highest BCUT2D eigenvalue weighted by Gasteiger charge is 2.38. The summed E-state index contributed by atoms with van der Waals surface area (Å²) in [5.74, 6) is 0. The number of allylic oxidation sites excluding steroid dienone is 1. The van der Waals surface area contributed by atoms with Gasteiger partial charge in [-0.25, -0.2) is 0 Å². The minimum Gasteiger partial charge on any atom is -0.283 e. The smallest absolute Gasteiger partial charge is 0.283 e. The Morgan fingerprint density at radius 2 is 1.83 bits per heavy atom. The molecule has 1 aliphatic heterocycles. The van der Waals surface area contributed by atoms with Crippen LogP contribution in [0, 0.1) is 11.3 Å². The van der Waals surface area contributed by atoms with Crippen LogP contribution in [0.2, 0.25) is 0 Å². The molecule has 1 heterocycles. The quantitative estimate of drug-likeness (QED) is 0.753. The maximum Gasteiger partial charge on any atom is 0.414 e. The third-order valence-corrected chi connectivity index (χ3v) is 2.72. The summed E-state index contributed by atoms with van der Waals surface area (Å²) in [6, 6.07) is 10.3. The Labute approximate surface area is 102 Å². The third kappa shape index (κ3) is 2.43. The van der Waals surface area contributed by atoms with Gasteiger partial charge >= 0.3 is 6.18 Å². The zero-order valence-electron chi connectivity index (χ0n) is 9.33. The van der Waals surface area contributed by atoms with Crippen molar-refractivity contribution >= 4 is 5.71 Å². The van der Waals surface area contributed by atoms with Crippen molar-refractivity contribution in [2.24, 2.45) is 4.99 Å². The molecule has 0 unspecified atom stereocenters. The number of rotatable bonds is 1. The lowest BCUT2D eigenvalue weighted by atomic mass is 9.95. The fourth-order valence-corrected chi connectivity index (χ4v) is 1.80. The molecule has 0 bridgehead atoms. The van der Waals surface area contributed by atoms with Gasteiger partial charge in [0.15, 0.2) is 0 Å². The Bertz CT molecular complexity index is 548. The molecule has 0 N–H and O–H groups in total. The Morgan fingerprint density at radius 1 is 1.17 bits per heavy atom. The number of benzene rings is 1. The van der Waals surface area contributed by atoms with Gasteiger partial charge in [0.2, 0.25) is 0 Å². The van der Waals surface area contributed by atoms with Crippen molar-refractivity contribution in [2.45, 2.75) is 12.6 Å². The Hall–Kier alpha value is -2.09. The molecule has 0 aliphatic carbocycles. The van der Waals surface area contributed by atoms with Crippen molar-refractivity contribution in [3.8, 4) is 6.07 Å². The molecule has 0 radical (unpaired) electrons. The SMILES string of the molecule is N#CC1=C(C(F)(F)F)CC(c2ccccc2)=NC1. The summed E-state index contributed by atoms with van der Waals surface area (Å²) in [5.41, 5.74) is -0.0285. The molecule has 0 atom stereocenters. The van der Waals surface area contributed by atoms with Crippen molar-refractivity contribution < 1.29 is 13.2 Å². The zero-order chi connectivity index (χ0) is 13.2. The summed E-state index contributed by atoms with van der Waals surface area (Å²) in [6.07, 6.45) is -4.81. The maximum atomic E-state index is 12.8. The van der Waals surface area contributed by atoms with E-state index in [-0.39, 0.29) is 18.5 Å². The molecule has 0 saturated carbocycles. The minimum absolute atomic E-state index is 0.199. The van der Waals surface area contributed by atoms with E-state index in [1.54, 1.807) is 36.4 Å². The number of dihydropyridines is 1. The van der Waals surface area contributed by atoms with E-state index in [9.17, 15) is 13.2 Å². The van der Waals surface area contributed by atoms with Gasteiger partial charge in [-0.15, -0.1) is 0 Å². The van der Waals surface area contributed by atoms with Crippen LogP contribution < -0.4 is 0 Å². The zero-order valence-corrected chi connectivity index (χ0v) is 9.33. The van der Waals surface area contributed by atoms with Crippen LogP contribution in [0.3, 0.4) is 0 Å². The molecule has 1 aromatic carbocycles. The van der Waals surface area contributed by atoms with E-state index in [0.29, 0.717) is 11.3 Å². The fourth-order valence-electron chi connectivity index (χ4n) is 1.80. The van der Waals surface area contributed by atoms with Crippen molar-refractivity contribution in [1.29, 1.82) is 5.26 Å². The van der Waals surface area contributed by atoms with Gasteiger partial charge in [-0.1, -0.05) is 30.3 Å². The van der Waals surface area contributed by atoms with Crippen LogP contribution in [0.1, 0.15) is 12.0 Å². The lowest BCUT2D eigenvalue weighted by Crippen LogP contribution is -2.22. The fraction of sp³-hybridized carbons (Fsp3) is 0.231. The van der Waals surface area contributed by atoms with Crippen LogP contribution in [0.25, 0.3) is 0 Å². The van der Waals surface area contributed by atoms with Crippen LogP contribution in [0.5, 0.6) is 0 Å². The predicted molar refractivity (Wildman–Crippen MR) is 61.2 cm³/mol. The summed E-state index contributed by atoms with van der Waals surface area (Å²) in [5, 5.41) is 8.70. The van der Waals surface area contributed by atoms with Crippen molar-refractivity contribution in [3.05, 3.63) is 47.0 Å². The maximum absolute atomic E-state index is 12.8. The molecule has 0 spiro atoms. The van der Waals surface area contributed by atoms with E-state index in [1.807, 2.05) is 0 Å². The molecular formula is C13H9F3N2. The first-order valence-corrected chi connectivity index (χ1v) is 5.30. The Morgan fingerprint density at radius 3 is 2.39 bits per heavy atom. The second kappa shape index (κ2) is 4.65. The molecule has 2 nitrogen and oxygen atoms in total. The molecule has 5 heteroatoms. The minimum atomic E-state index is -4.47. The average molecular weight is 250 g/mol. The number of hydrogen-bond donors (Lipinski definition) is 0. The van der Waals surface area contributed by atoms with Gasteiger partial charge in [0.05, 0.1) is 23.8 Å². The molecule has 0 fully saturated rings. The largest absolute Gasteiger partial charge is 0.414 e. The van der Waals surface area contributed by atoms with Gasteiger partial charge in [0.25, 0.3) is 0 Å². The number of hydrogen-bond acceptors (Lipinski definition) is 2. The van der Waals surface area contributed by atoms with Crippen molar-refractivity contribution in [2.75, 3.05) is 6.54 Å². The van der Waals surface area contributed by atoms with Crippen molar-refractivity contribution in [3.63, 3.8) is 0 Å². The van der Waals surface area contributed by atoms with Crippen LogP contribution in [0.4, 0.5) is 13.2 Å². The van der Waals surface area contributed by atoms with Gasteiger partial charge < -0.3 is 0 Å². The lowest BCUT2D eigenvalue weighted by molar-refractivity contribution is -0.0933. The highest BCUT2D eigenvalue weighted by molar-refractivity contribution is 6.03. The summed E-state index contributed by atoms with van der Waals surface area (Å²) >= 11 is 0. The van der Waals surface area contributed by atoms with E-state index in [4.69, 9.17) is 5.26 Å². The first-order valence-electron chi connectivity index (χ1n) is 5.30. The van der Waals surface area contributed by atoms with Crippen LogP contribution in [-0.4, -0.2) is 18.4 Å². The highest BCUT2D eigenvalue weighted by Crippen LogP contribution is 2.34. The summed E-state index contributed by atoms with van der Waals surface area (Å²) < 4.78 is 38.4. The second-order valence-corrected chi connectivity index (χ2v) is 3.87. The lowest BCUT2D eigenvalue weighted by Gasteiger charge is -2.19. The number of nitrogens with zero attached hydrogens (tertiary/aromatic N) is 2. The van der Waals surface area contributed by atoms with Gasteiger partial charge in [-0.3, -0.25) is 4.99 Å². The Balaban J connectivity index is 2.33. The molecule has 0 saturated heterocycles. The molecule has 1 aromatic rings. The van der Waals surface area contributed by atoms with E-state index < -0.39 is 11.7 Å². The molecule has 0 amide bonds. The van der Waals surface area contributed by atoms with Crippen LogP contribution in [-0.2, 0) is 0 Å². The normalized spacial score (nSPS) is 16.2. The van der Waals surface area contributed by atoms with Gasteiger partial charge in [-0.05, 0) is 5.56 Å². The molecule has 0 aromatic heterocycles. The molecule has 2 rings (SSSR count). The highest BCUT2D eigenvalue weighted by atomic mass is 19.4. The van der Waals surface area contributed by atoms with E-state index in [2.05, 4.69) is 4.99 Å². The first kappa shape index (κ1) is 12.4. The first-order chi connectivity index (χ1) is 8.52. The second-order valence-electron chi connectivity index (χ2n) is 3.87. The van der Waals surface area contributed by atoms with E-state index in [1.165, 1.54) is 0 Å².